The van der Waals surface area contributed by atoms with E-state index in [4.69, 9.17) is 9.47 Å². The normalized spacial score (nSPS) is 11.2. The van der Waals surface area contributed by atoms with E-state index in [9.17, 15) is 14.4 Å². The third-order valence-electron chi connectivity index (χ3n) is 5.58. The molecule has 0 unspecified atom stereocenters. The summed E-state index contributed by atoms with van der Waals surface area (Å²) < 4.78 is 25.1. The summed E-state index contributed by atoms with van der Waals surface area (Å²) >= 11 is 3.48. The van der Waals surface area contributed by atoms with Crippen molar-refractivity contribution in [1.29, 1.82) is 5.26 Å². The van der Waals surface area contributed by atoms with Crippen LogP contribution in [-0.2, 0) is 17.8 Å². The Bertz CT molecular complexity index is 1460. The van der Waals surface area contributed by atoms with E-state index in [0.717, 1.165) is 22.0 Å². The number of rotatable bonds is 9. The highest BCUT2D eigenvalue weighted by atomic mass is 79.9. The van der Waals surface area contributed by atoms with Gasteiger partial charge in [0.05, 0.1) is 11.6 Å². The maximum atomic E-state index is 13.1. The van der Waals surface area contributed by atoms with Gasteiger partial charge >= 0.3 is 0 Å². The molecule has 0 radical (unpaired) electrons. The maximum absolute atomic E-state index is 13.1. The number of halogens is 2. The third kappa shape index (κ3) is 5.93. The molecule has 0 aliphatic carbocycles. The van der Waals surface area contributed by atoms with Crippen LogP contribution < -0.4 is 14.8 Å². The predicted octanol–water partition coefficient (Wildman–Crippen LogP) is 5.92. The number of carbonyl (C=O) groups is 1. The molecule has 182 valence electrons. The van der Waals surface area contributed by atoms with Crippen LogP contribution in [0.25, 0.3) is 17.0 Å². The molecular weight excluding hydrogens is 525 g/mol. The van der Waals surface area contributed by atoms with Gasteiger partial charge in [-0.15, -0.1) is 0 Å². The first kappa shape index (κ1) is 25.0. The molecule has 0 bridgehead atoms. The van der Waals surface area contributed by atoms with Crippen molar-refractivity contribution < 1.29 is 18.7 Å². The van der Waals surface area contributed by atoms with Crippen molar-refractivity contribution in [2.75, 3.05) is 13.7 Å². The Labute approximate surface area is 216 Å². The van der Waals surface area contributed by atoms with E-state index < -0.39 is 5.91 Å². The Hall–Kier alpha value is -4.09. The number of aromatic nitrogens is 1. The molecule has 8 heteroatoms. The highest BCUT2D eigenvalue weighted by Gasteiger charge is 2.14. The molecule has 3 aromatic carbocycles. The number of aromatic amines is 1. The standard InChI is InChI=1S/C28H23BrFN3O3/c1-35-26-14-19(13-24(29)27(26)36-17-18-6-8-22(30)9-7-18)12-21(15-31)28(34)32-11-10-20-16-33-25-5-3-2-4-23(20)25/h2-9,12-14,16,33H,10-11,17H2,1H3,(H,32,34)/b21-12-. The van der Waals surface area contributed by atoms with Crippen LogP contribution in [-0.4, -0.2) is 24.5 Å². The fraction of sp³-hybridized carbons (Fsp3) is 0.143. The number of nitrogens with zero attached hydrogens (tertiary/aromatic N) is 1. The highest BCUT2D eigenvalue weighted by molar-refractivity contribution is 9.10. The number of carbonyl (C=O) groups excluding carboxylic acids is 1. The van der Waals surface area contributed by atoms with E-state index in [0.29, 0.717) is 34.5 Å². The summed E-state index contributed by atoms with van der Waals surface area (Å²) in [5.74, 6) is 0.114. The number of hydrogen-bond acceptors (Lipinski definition) is 4. The van der Waals surface area contributed by atoms with Crippen molar-refractivity contribution in [1.82, 2.24) is 10.3 Å². The summed E-state index contributed by atoms with van der Waals surface area (Å²) in [5.41, 5.74) is 3.50. The molecule has 4 aromatic rings. The molecule has 4 rings (SSSR count). The molecule has 1 aromatic heterocycles. The maximum Gasteiger partial charge on any atom is 0.261 e. The molecule has 6 nitrogen and oxygen atoms in total. The number of H-pyrrole nitrogens is 1. The summed E-state index contributed by atoms with van der Waals surface area (Å²) in [5, 5.41) is 13.5. The average molecular weight is 548 g/mol. The van der Waals surface area contributed by atoms with E-state index in [2.05, 4.69) is 26.2 Å². The van der Waals surface area contributed by atoms with E-state index in [1.807, 2.05) is 36.5 Å². The molecule has 36 heavy (non-hydrogen) atoms. The second-order valence-electron chi connectivity index (χ2n) is 7.98. The van der Waals surface area contributed by atoms with Gasteiger partial charge in [0.2, 0.25) is 0 Å². The number of hydrogen-bond donors (Lipinski definition) is 2. The van der Waals surface area contributed by atoms with Gasteiger partial charge in [0.1, 0.15) is 24.1 Å². The van der Waals surface area contributed by atoms with Crippen molar-refractivity contribution in [2.45, 2.75) is 13.0 Å². The van der Waals surface area contributed by atoms with Gasteiger partial charge in [-0.3, -0.25) is 4.79 Å². The Morgan fingerprint density at radius 1 is 1.19 bits per heavy atom. The fourth-order valence-corrected chi connectivity index (χ4v) is 4.33. The number of fused-ring (bicyclic) bond motifs is 1. The molecule has 0 aliphatic heterocycles. The molecule has 1 amide bonds. The first-order valence-electron chi connectivity index (χ1n) is 11.2. The first-order chi connectivity index (χ1) is 17.5. The number of methoxy groups -OCH3 is 1. The molecule has 1 heterocycles. The van der Waals surface area contributed by atoms with Gasteiger partial charge in [-0.2, -0.15) is 5.26 Å². The Morgan fingerprint density at radius 2 is 1.97 bits per heavy atom. The lowest BCUT2D eigenvalue weighted by atomic mass is 10.1. The first-order valence-corrected chi connectivity index (χ1v) is 12.0. The van der Waals surface area contributed by atoms with Gasteiger partial charge in [-0.05, 0) is 75.4 Å². The zero-order chi connectivity index (χ0) is 25.5. The summed E-state index contributed by atoms with van der Waals surface area (Å²) in [6.07, 6.45) is 4.06. The average Bonchev–Trinajstić information content (AvgIpc) is 3.30. The van der Waals surface area contributed by atoms with Gasteiger partial charge in [-0.25, -0.2) is 4.39 Å². The van der Waals surface area contributed by atoms with Crippen molar-refractivity contribution in [2.24, 2.45) is 0 Å². The second-order valence-corrected chi connectivity index (χ2v) is 8.84. The molecule has 0 spiro atoms. The summed E-state index contributed by atoms with van der Waals surface area (Å²) in [6.45, 7) is 0.607. The smallest absolute Gasteiger partial charge is 0.261 e. The van der Waals surface area contributed by atoms with Gasteiger partial charge in [-0.1, -0.05) is 30.3 Å². The van der Waals surface area contributed by atoms with Crippen molar-refractivity contribution in [3.63, 3.8) is 0 Å². The van der Waals surface area contributed by atoms with E-state index >= 15 is 0 Å². The zero-order valence-electron chi connectivity index (χ0n) is 19.5. The van der Waals surface area contributed by atoms with Crippen LogP contribution in [0, 0.1) is 17.1 Å². The Morgan fingerprint density at radius 3 is 2.72 bits per heavy atom. The molecule has 0 atom stereocenters. The van der Waals surface area contributed by atoms with Crippen LogP contribution >= 0.6 is 15.9 Å². The minimum atomic E-state index is -0.455. The minimum Gasteiger partial charge on any atom is -0.493 e. The lowest BCUT2D eigenvalue weighted by molar-refractivity contribution is -0.117. The van der Waals surface area contributed by atoms with Crippen LogP contribution in [0.3, 0.4) is 0 Å². The lowest BCUT2D eigenvalue weighted by Gasteiger charge is -2.14. The zero-order valence-corrected chi connectivity index (χ0v) is 21.1. The largest absolute Gasteiger partial charge is 0.493 e. The van der Waals surface area contributed by atoms with Crippen molar-refractivity contribution in [3.05, 3.63) is 99.4 Å². The Balaban J connectivity index is 1.43. The molecular formula is C28H23BrFN3O3. The molecule has 0 fully saturated rings. The van der Waals surface area contributed by atoms with Crippen LogP contribution in [0.2, 0.25) is 0 Å². The van der Waals surface area contributed by atoms with Crippen LogP contribution in [0.4, 0.5) is 4.39 Å². The number of benzene rings is 3. The fourth-order valence-electron chi connectivity index (χ4n) is 3.76. The number of nitriles is 1. The SMILES string of the molecule is COc1cc(/C=C(/C#N)C(=O)NCCc2c[nH]c3ccccc23)cc(Br)c1OCc1ccc(F)cc1. The van der Waals surface area contributed by atoms with Crippen molar-refractivity contribution in [3.8, 4) is 17.6 Å². The van der Waals surface area contributed by atoms with Gasteiger partial charge in [0.15, 0.2) is 11.5 Å². The Kier molecular flexibility index (Phi) is 8.03. The molecule has 0 aliphatic rings. The molecule has 2 N–H and O–H groups in total. The topological polar surface area (TPSA) is 87.1 Å². The minimum absolute atomic E-state index is 0.0251. The second kappa shape index (κ2) is 11.6. The highest BCUT2D eigenvalue weighted by Crippen LogP contribution is 2.37. The summed E-state index contributed by atoms with van der Waals surface area (Å²) in [4.78, 5) is 15.9. The van der Waals surface area contributed by atoms with Crippen LogP contribution in [0.15, 0.2) is 76.9 Å². The monoisotopic (exact) mass is 547 g/mol. The van der Waals surface area contributed by atoms with Crippen LogP contribution in [0.5, 0.6) is 11.5 Å². The van der Waals surface area contributed by atoms with Crippen molar-refractivity contribution >= 4 is 38.8 Å². The van der Waals surface area contributed by atoms with Gasteiger partial charge < -0.3 is 19.8 Å². The lowest BCUT2D eigenvalue weighted by Crippen LogP contribution is -2.26. The van der Waals surface area contributed by atoms with Gasteiger partial charge in [0, 0.05) is 23.6 Å². The molecule has 0 saturated carbocycles. The van der Waals surface area contributed by atoms with Gasteiger partial charge in [0.25, 0.3) is 5.91 Å². The number of amides is 1. The van der Waals surface area contributed by atoms with Crippen LogP contribution in [0.1, 0.15) is 16.7 Å². The number of para-hydroxylation sites is 1. The third-order valence-corrected chi connectivity index (χ3v) is 6.17. The number of nitrogens with one attached hydrogen (secondary N) is 2. The predicted molar refractivity (Wildman–Crippen MR) is 140 cm³/mol. The quantitative estimate of drug-likeness (QED) is 0.201. The summed E-state index contributed by atoms with van der Waals surface area (Å²) in [7, 11) is 1.50. The van der Waals surface area contributed by atoms with E-state index in [-0.39, 0.29) is 18.0 Å². The molecule has 0 saturated heterocycles. The summed E-state index contributed by atoms with van der Waals surface area (Å²) in [6, 6.07) is 19.4. The number of ether oxygens (including phenoxy) is 2. The van der Waals surface area contributed by atoms with E-state index in [1.165, 1.54) is 25.3 Å². The van der Waals surface area contributed by atoms with E-state index in [1.54, 1.807) is 24.3 Å².